The third kappa shape index (κ3) is 6.44. The lowest BCUT2D eigenvalue weighted by atomic mass is 10.2. The number of hydrogen-bond donors (Lipinski definition) is 1. The van der Waals surface area contributed by atoms with Crippen LogP contribution in [0, 0.1) is 0 Å². The number of pyridine rings is 1. The van der Waals surface area contributed by atoms with Crippen molar-refractivity contribution in [3.8, 4) is 0 Å². The zero-order chi connectivity index (χ0) is 22.5. The molecule has 1 aromatic heterocycles. The Kier molecular flexibility index (Phi) is 7.60. The van der Waals surface area contributed by atoms with Crippen LogP contribution in [0.4, 0.5) is 18.9 Å². The third-order valence-corrected chi connectivity index (χ3v) is 7.61. The lowest BCUT2D eigenvalue weighted by molar-refractivity contribution is -0.137. The average molecular weight is 474 g/mol. The molecule has 0 saturated carbocycles. The predicted molar refractivity (Wildman–Crippen MR) is 112 cm³/mol. The first-order valence-electron chi connectivity index (χ1n) is 9.72. The molecule has 6 nitrogen and oxygen atoms in total. The molecule has 168 valence electrons. The third-order valence-electron chi connectivity index (χ3n) is 4.76. The maximum absolute atomic E-state index is 12.8. The van der Waals surface area contributed by atoms with E-state index in [-0.39, 0.29) is 16.6 Å². The minimum atomic E-state index is -4.46. The molecule has 1 aromatic carbocycles. The molecule has 2 heterocycles. The van der Waals surface area contributed by atoms with Gasteiger partial charge < -0.3 is 5.32 Å². The Balaban J connectivity index is 1.55. The van der Waals surface area contributed by atoms with Gasteiger partial charge in [-0.1, -0.05) is 24.6 Å². The van der Waals surface area contributed by atoms with E-state index in [2.05, 4.69) is 10.3 Å². The van der Waals surface area contributed by atoms with Gasteiger partial charge in [0, 0.05) is 25.0 Å². The van der Waals surface area contributed by atoms with Crippen LogP contribution in [-0.2, 0) is 21.0 Å². The summed E-state index contributed by atoms with van der Waals surface area (Å²) in [7, 11) is -3.56. The smallest absolute Gasteiger partial charge is 0.325 e. The van der Waals surface area contributed by atoms with Crippen molar-refractivity contribution in [2.45, 2.75) is 41.8 Å². The lowest BCUT2D eigenvalue weighted by Gasteiger charge is -2.20. The number of benzene rings is 1. The van der Waals surface area contributed by atoms with Gasteiger partial charge in [-0.2, -0.15) is 17.5 Å². The molecular formula is C20H22F3N3O3S2. The summed E-state index contributed by atoms with van der Waals surface area (Å²) in [5.41, 5.74) is -0.419. The first-order valence-corrected chi connectivity index (χ1v) is 12.1. The van der Waals surface area contributed by atoms with Gasteiger partial charge in [0.15, 0.2) is 0 Å². The Morgan fingerprint density at radius 1 is 1.03 bits per heavy atom. The first kappa shape index (κ1) is 23.6. The van der Waals surface area contributed by atoms with E-state index in [9.17, 15) is 26.4 Å². The fourth-order valence-corrected chi connectivity index (χ4v) is 5.27. The number of hydrogen-bond acceptors (Lipinski definition) is 5. The molecule has 0 aliphatic carbocycles. The van der Waals surface area contributed by atoms with Gasteiger partial charge in [-0.15, -0.1) is 0 Å². The highest BCUT2D eigenvalue weighted by molar-refractivity contribution is 7.99. The van der Waals surface area contributed by atoms with Crippen LogP contribution in [0.2, 0.25) is 0 Å². The quantitative estimate of drug-likeness (QED) is 0.630. The Morgan fingerprint density at radius 3 is 2.23 bits per heavy atom. The number of sulfonamides is 1. The number of nitrogens with one attached hydrogen (secondary N) is 1. The zero-order valence-corrected chi connectivity index (χ0v) is 18.2. The molecule has 1 fully saturated rings. The van der Waals surface area contributed by atoms with Gasteiger partial charge in [0.1, 0.15) is 0 Å². The van der Waals surface area contributed by atoms with Crippen LogP contribution >= 0.6 is 11.8 Å². The van der Waals surface area contributed by atoms with Crippen LogP contribution in [-0.4, -0.2) is 42.5 Å². The van der Waals surface area contributed by atoms with E-state index in [4.69, 9.17) is 0 Å². The van der Waals surface area contributed by atoms with Crippen molar-refractivity contribution >= 4 is 33.4 Å². The Bertz CT molecular complexity index is 987. The van der Waals surface area contributed by atoms with Crippen LogP contribution in [0.3, 0.4) is 0 Å². The average Bonchev–Trinajstić information content (AvgIpc) is 3.02. The number of alkyl halides is 3. The second kappa shape index (κ2) is 10.0. The lowest BCUT2D eigenvalue weighted by Crippen LogP contribution is -2.31. The van der Waals surface area contributed by atoms with Crippen LogP contribution in [0.15, 0.2) is 52.5 Å². The molecule has 0 unspecified atom stereocenters. The van der Waals surface area contributed by atoms with Crippen molar-refractivity contribution in [2.24, 2.45) is 0 Å². The maximum Gasteiger partial charge on any atom is 0.417 e. The highest BCUT2D eigenvalue weighted by atomic mass is 32.2. The number of thioether (sulfide) groups is 1. The molecule has 3 rings (SSSR count). The number of carbonyl (C=O) groups excluding carboxylic acids is 1. The summed E-state index contributed by atoms with van der Waals surface area (Å²) in [5, 5.41) is 2.93. The van der Waals surface area contributed by atoms with Crippen molar-refractivity contribution in [1.82, 2.24) is 9.29 Å². The normalized spacial score (nSPS) is 16.0. The van der Waals surface area contributed by atoms with Crippen LogP contribution in [0.25, 0.3) is 0 Å². The van der Waals surface area contributed by atoms with E-state index in [1.54, 1.807) is 0 Å². The minimum Gasteiger partial charge on any atom is -0.325 e. The molecule has 1 saturated heterocycles. The predicted octanol–water partition coefficient (Wildman–Crippen LogP) is 4.40. The Labute approximate surface area is 183 Å². The molecule has 0 atom stereocenters. The first-order chi connectivity index (χ1) is 14.7. The fraction of sp³-hybridized carbons (Fsp3) is 0.400. The van der Waals surface area contributed by atoms with E-state index < -0.39 is 21.8 Å². The van der Waals surface area contributed by atoms with Crippen molar-refractivity contribution < 1.29 is 26.4 Å². The zero-order valence-electron chi connectivity index (χ0n) is 16.6. The summed E-state index contributed by atoms with van der Waals surface area (Å²) in [6, 6.07) is 8.08. The van der Waals surface area contributed by atoms with E-state index >= 15 is 0 Å². The molecule has 31 heavy (non-hydrogen) atoms. The van der Waals surface area contributed by atoms with Gasteiger partial charge in [0.2, 0.25) is 15.9 Å². The number of carbonyl (C=O) groups is 1. The Morgan fingerprint density at radius 2 is 1.68 bits per heavy atom. The van der Waals surface area contributed by atoms with Crippen molar-refractivity contribution in [3.05, 3.63) is 48.2 Å². The largest absolute Gasteiger partial charge is 0.417 e. The number of amides is 1. The summed E-state index contributed by atoms with van der Waals surface area (Å²) >= 11 is 1.00. The van der Waals surface area contributed by atoms with Crippen LogP contribution in [0.1, 0.15) is 31.2 Å². The Hall–Kier alpha value is -2.11. The SMILES string of the molecule is O=C(CSc1ccc(C(F)(F)F)cn1)Nc1ccc(S(=O)(=O)N2CCCCCC2)cc1. The molecule has 1 N–H and O–H groups in total. The number of halogens is 3. The highest BCUT2D eigenvalue weighted by Gasteiger charge is 2.30. The van der Waals surface area contributed by atoms with Crippen molar-refractivity contribution in [1.29, 1.82) is 0 Å². The molecule has 1 aliphatic rings. The number of rotatable bonds is 6. The van der Waals surface area contributed by atoms with Crippen LogP contribution in [0.5, 0.6) is 0 Å². The van der Waals surface area contributed by atoms with Gasteiger partial charge >= 0.3 is 6.18 Å². The van der Waals surface area contributed by atoms with Crippen molar-refractivity contribution in [3.63, 3.8) is 0 Å². The summed E-state index contributed by atoms with van der Waals surface area (Å²) in [4.78, 5) is 16.0. The second-order valence-electron chi connectivity index (χ2n) is 7.06. The molecule has 2 aromatic rings. The van der Waals surface area contributed by atoms with E-state index in [1.807, 2.05) is 0 Å². The van der Waals surface area contributed by atoms with Gasteiger partial charge in [-0.25, -0.2) is 13.4 Å². The number of aromatic nitrogens is 1. The maximum atomic E-state index is 12.8. The summed E-state index contributed by atoms with van der Waals surface area (Å²) < 4.78 is 64.7. The molecule has 0 radical (unpaired) electrons. The van der Waals surface area contributed by atoms with E-state index in [0.717, 1.165) is 49.7 Å². The minimum absolute atomic E-state index is 0.0494. The van der Waals surface area contributed by atoms with Gasteiger partial charge in [0.05, 0.1) is 21.2 Å². The second-order valence-corrected chi connectivity index (χ2v) is 10.00. The molecule has 11 heteroatoms. The molecular weight excluding hydrogens is 451 g/mol. The highest BCUT2D eigenvalue weighted by Crippen LogP contribution is 2.29. The van der Waals surface area contributed by atoms with E-state index in [1.165, 1.54) is 34.6 Å². The fourth-order valence-electron chi connectivity index (χ4n) is 3.11. The summed E-state index contributed by atoms with van der Waals surface area (Å²) in [6.07, 6.45) is 0.00971. The molecule has 0 spiro atoms. The van der Waals surface area contributed by atoms with Crippen molar-refractivity contribution in [2.75, 3.05) is 24.2 Å². The molecule has 0 bridgehead atoms. The van der Waals surface area contributed by atoms with Gasteiger partial charge in [-0.05, 0) is 49.2 Å². The van der Waals surface area contributed by atoms with Gasteiger partial charge in [-0.3, -0.25) is 4.79 Å². The number of anilines is 1. The topological polar surface area (TPSA) is 79.4 Å². The van der Waals surface area contributed by atoms with Crippen LogP contribution < -0.4 is 5.32 Å². The van der Waals surface area contributed by atoms with Gasteiger partial charge in [0.25, 0.3) is 0 Å². The molecule has 1 aliphatic heterocycles. The monoisotopic (exact) mass is 473 g/mol. The summed E-state index contributed by atoms with van der Waals surface area (Å²) in [5.74, 6) is -0.429. The molecule has 1 amide bonds. The summed E-state index contributed by atoms with van der Waals surface area (Å²) in [6.45, 7) is 1.02. The standard InChI is InChI=1S/C20H22F3N3O3S2/c21-20(22,23)15-5-10-19(24-13-15)30-14-18(27)25-16-6-8-17(9-7-16)31(28,29)26-11-3-1-2-4-12-26/h5-10,13H,1-4,11-12,14H2,(H,25,27). The van der Waals surface area contributed by atoms with E-state index in [0.29, 0.717) is 23.8 Å². The number of nitrogens with zero attached hydrogens (tertiary/aromatic N) is 2.